The molecule has 1 aromatic rings. The number of quaternary nitrogens is 1. The van der Waals surface area contributed by atoms with Crippen LogP contribution in [-0.4, -0.2) is 44.7 Å². The largest absolute Gasteiger partial charge is 0.359 e. The standard InChI is InChI=1S/C16H22ClN3O/c1-3-8-18-16(21)13(2)19-9-11-20(12-10-19)15-7-5-4-6-14(15)17/h3-7,13H,1,8-12H2,2H3,(H,18,21)/p+1/t13-/m1/s1. The van der Waals surface area contributed by atoms with Crippen LogP contribution in [0.25, 0.3) is 0 Å². The quantitative estimate of drug-likeness (QED) is 0.787. The second-order valence-corrected chi connectivity index (χ2v) is 5.76. The Bertz CT molecular complexity index is 498. The van der Waals surface area contributed by atoms with Crippen LogP contribution >= 0.6 is 11.6 Å². The summed E-state index contributed by atoms with van der Waals surface area (Å²) in [5.74, 6) is 0.0936. The number of hydrogen-bond donors (Lipinski definition) is 2. The van der Waals surface area contributed by atoms with Gasteiger partial charge in [0.25, 0.3) is 5.91 Å². The van der Waals surface area contributed by atoms with Gasteiger partial charge in [0.15, 0.2) is 6.04 Å². The fourth-order valence-corrected chi connectivity index (χ4v) is 2.94. The maximum atomic E-state index is 12.0. The minimum atomic E-state index is -0.0293. The summed E-state index contributed by atoms with van der Waals surface area (Å²) < 4.78 is 0. The molecule has 1 aliphatic rings. The third-order valence-electron chi connectivity index (χ3n) is 4.03. The Kier molecular flexibility index (Phi) is 5.65. The molecule has 4 nitrogen and oxygen atoms in total. The lowest BCUT2D eigenvalue weighted by Gasteiger charge is -2.36. The molecule has 0 bridgehead atoms. The first-order valence-electron chi connectivity index (χ1n) is 7.36. The Morgan fingerprint density at radius 2 is 2.14 bits per heavy atom. The molecule has 1 aliphatic heterocycles. The number of piperazine rings is 1. The summed E-state index contributed by atoms with van der Waals surface area (Å²) >= 11 is 6.24. The van der Waals surface area contributed by atoms with Gasteiger partial charge in [-0.1, -0.05) is 29.8 Å². The Labute approximate surface area is 131 Å². The molecule has 1 saturated heterocycles. The van der Waals surface area contributed by atoms with Crippen molar-refractivity contribution in [1.82, 2.24) is 5.32 Å². The van der Waals surface area contributed by atoms with Crippen LogP contribution in [0.1, 0.15) is 6.92 Å². The Morgan fingerprint density at radius 3 is 2.76 bits per heavy atom. The summed E-state index contributed by atoms with van der Waals surface area (Å²) in [5.41, 5.74) is 1.09. The molecule has 21 heavy (non-hydrogen) atoms. The lowest BCUT2D eigenvalue weighted by atomic mass is 10.2. The zero-order valence-electron chi connectivity index (χ0n) is 12.4. The molecule has 0 aromatic heterocycles. The van der Waals surface area contributed by atoms with Crippen LogP contribution in [-0.2, 0) is 4.79 Å². The average molecular weight is 309 g/mol. The summed E-state index contributed by atoms with van der Waals surface area (Å²) in [5, 5.41) is 3.66. The van der Waals surface area contributed by atoms with Gasteiger partial charge in [0.1, 0.15) is 0 Å². The van der Waals surface area contributed by atoms with Gasteiger partial charge in [-0.05, 0) is 19.1 Å². The molecule has 0 aliphatic carbocycles. The molecule has 2 N–H and O–H groups in total. The first-order valence-corrected chi connectivity index (χ1v) is 7.74. The molecule has 5 heteroatoms. The molecule has 2 rings (SSSR count). The molecule has 0 spiro atoms. The minimum absolute atomic E-state index is 0.0293. The monoisotopic (exact) mass is 308 g/mol. The van der Waals surface area contributed by atoms with E-state index >= 15 is 0 Å². The van der Waals surface area contributed by atoms with Gasteiger partial charge >= 0.3 is 0 Å². The highest BCUT2D eigenvalue weighted by Gasteiger charge is 2.29. The van der Waals surface area contributed by atoms with Gasteiger partial charge in [-0.25, -0.2) is 0 Å². The van der Waals surface area contributed by atoms with E-state index in [-0.39, 0.29) is 11.9 Å². The first-order chi connectivity index (χ1) is 10.1. The lowest BCUT2D eigenvalue weighted by molar-refractivity contribution is -0.914. The smallest absolute Gasteiger partial charge is 0.278 e. The molecule has 1 fully saturated rings. The second kappa shape index (κ2) is 7.48. The maximum absolute atomic E-state index is 12.0. The van der Waals surface area contributed by atoms with E-state index in [0.29, 0.717) is 6.54 Å². The summed E-state index contributed by atoms with van der Waals surface area (Å²) in [7, 11) is 0. The van der Waals surface area contributed by atoms with Gasteiger partial charge < -0.3 is 15.1 Å². The van der Waals surface area contributed by atoms with Crippen molar-refractivity contribution in [3.8, 4) is 0 Å². The zero-order chi connectivity index (χ0) is 15.2. The lowest BCUT2D eigenvalue weighted by Crippen LogP contribution is -3.19. The molecule has 1 aromatic carbocycles. The van der Waals surface area contributed by atoms with Crippen molar-refractivity contribution in [3.63, 3.8) is 0 Å². The topological polar surface area (TPSA) is 36.8 Å². The van der Waals surface area contributed by atoms with Crippen molar-refractivity contribution in [2.24, 2.45) is 0 Å². The van der Waals surface area contributed by atoms with Gasteiger partial charge in [0, 0.05) is 6.54 Å². The fourth-order valence-electron chi connectivity index (χ4n) is 2.69. The normalized spacial score (nSPS) is 17.3. The minimum Gasteiger partial charge on any atom is -0.359 e. The van der Waals surface area contributed by atoms with Crippen molar-refractivity contribution in [1.29, 1.82) is 0 Å². The molecular weight excluding hydrogens is 286 g/mol. The number of halogens is 1. The van der Waals surface area contributed by atoms with Gasteiger partial charge in [0.2, 0.25) is 0 Å². The molecular formula is C16H23ClN3O+. The maximum Gasteiger partial charge on any atom is 0.278 e. The van der Waals surface area contributed by atoms with Crippen LogP contribution in [0, 0.1) is 0 Å². The summed E-state index contributed by atoms with van der Waals surface area (Å²) in [6.45, 7) is 9.84. The fraction of sp³-hybridized carbons (Fsp3) is 0.438. The number of para-hydroxylation sites is 1. The SMILES string of the molecule is C=CCNC(=O)[C@@H](C)[NH+]1CCN(c2ccccc2Cl)CC1. The number of carbonyl (C=O) groups excluding carboxylic acids is 1. The van der Waals surface area contributed by atoms with E-state index in [9.17, 15) is 4.79 Å². The average Bonchev–Trinajstić information content (AvgIpc) is 2.52. The molecule has 1 heterocycles. The summed E-state index contributed by atoms with van der Waals surface area (Å²) in [4.78, 5) is 15.6. The first kappa shape index (κ1) is 15.9. The Morgan fingerprint density at radius 1 is 1.48 bits per heavy atom. The van der Waals surface area contributed by atoms with Crippen LogP contribution in [0.15, 0.2) is 36.9 Å². The van der Waals surface area contributed by atoms with Crippen LogP contribution < -0.4 is 15.1 Å². The van der Waals surface area contributed by atoms with Crippen LogP contribution in [0.4, 0.5) is 5.69 Å². The number of rotatable bonds is 5. The number of anilines is 1. The number of benzene rings is 1. The molecule has 1 atom stereocenters. The van der Waals surface area contributed by atoms with E-state index in [4.69, 9.17) is 11.6 Å². The number of carbonyl (C=O) groups is 1. The van der Waals surface area contributed by atoms with Gasteiger partial charge in [0.05, 0.1) is 36.9 Å². The molecule has 0 radical (unpaired) electrons. The van der Waals surface area contributed by atoms with Gasteiger partial charge in [-0.15, -0.1) is 6.58 Å². The highest BCUT2D eigenvalue weighted by molar-refractivity contribution is 6.33. The Hall–Kier alpha value is -1.52. The van der Waals surface area contributed by atoms with Crippen molar-refractivity contribution in [2.75, 3.05) is 37.6 Å². The van der Waals surface area contributed by atoms with E-state index in [1.807, 2.05) is 31.2 Å². The Balaban J connectivity index is 1.90. The highest BCUT2D eigenvalue weighted by atomic mass is 35.5. The third-order valence-corrected chi connectivity index (χ3v) is 4.34. The number of hydrogen-bond acceptors (Lipinski definition) is 2. The molecule has 0 saturated carbocycles. The highest BCUT2D eigenvalue weighted by Crippen LogP contribution is 2.24. The molecule has 0 unspecified atom stereocenters. The van der Waals surface area contributed by atoms with Crippen LogP contribution in [0.2, 0.25) is 5.02 Å². The van der Waals surface area contributed by atoms with Crippen molar-refractivity contribution < 1.29 is 9.69 Å². The molecule has 114 valence electrons. The van der Waals surface area contributed by atoms with Crippen molar-refractivity contribution in [3.05, 3.63) is 41.9 Å². The van der Waals surface area contributed by atoms with Crippen molar-refractivity contribution >= 4 is 23.2 Å². The van der Waals surface area contributed by atoms with Crippen molar-refractivity contribution in [2.45, 2.75) is 13.0 Å². The van der Waals surface area contributed by atoms with E-state index in [0.717, 1.165) is 36.9 Å². The van der Waals surface area contributed by atoms with Crippen LogP contribution in [0.5, 0.6) is 0 Å². The van der Waals surface area contributed by atoms with E-state index in [1.54, 1.807) is 6.08 Å². The molecule has 1 amide bonds. The number of nitrogens with zero attached hydrogens (tertiary/aromatic N) is 1. The van der Waals surface area contributed by atoms with E-state index < -0.39 is 0 Å². The van der Waals surface area contributed by atoms with Gasteiger partial charge in [-0.2, -0.15) is 0 Å². The third kappa shape index (κ3) is 3.99. The summed E-state index contributed by atoms with van der Waals surface area (Å²) in [6.07, 6.45) is 1.70. The second-order valence-electron chi connectivity index (χ2n) is 5.35. The summed E-state index contributed by atoms with van der Waals surface area (Å²) in [6, 6.07) is 7.89. The zero-order valence-corrected chi connectivity index (χ0v) is 13.2. The van der Waals surface area contributed by atoms with E-state index in [1.165, 1.54) is 4.90 Å². The predicted octanol–water partition coefficient (Wildman–Crippen LogP) is 0.736. The van der Waals surface area contributed by atoms with Gasteiger partial charge in [-0.3, -0.25) is 4.79 Å². The van der Waals surface area contributed by atoms with E-state index in [2.05, 4.69) is 16.8 Å². The number of amides is 1. The van der Waals surface area contributed by atoms with Crippen LogP contribution in [0.3, 0.4) is 0 Å². The predicted molar refractivity (Wildman–Crippen MR) is 87.0 cm³/mol. The number of nitrogens with one attached hydrogen (secondary N) is 2.